The van der Waals surface area contributed by atoms with Crippen molar-refractivity contribution < 1.29 is 29.0 Å². The van der Waals surface area contributed by atoms with Gasteiger partial charge in [0.15, 0.2) is 0 Å². The van der Waals surface area contributed by atoms with Crippen molar-refractivity contribution in [3.05, 3.63) is 96.7 Å². The van der Waals surface area contributed by atoms with Gasteiger partial charge in [0.05, 0.1) is 35.9 Å². The molecule has 2 saturated heterocycles. The number of likely N-dealkylation sites (tertiary alicyclic amines) is 2. The lowest BCUT2D eigenvalue weighted by Crippen LogP contribution is -2.51. The first-order valence-corrected chi connectivity index (χ1v) is 21.4. The zero-order valence-electron chi connectivity index (χ0n) is 36.0. The molecule has 8 rings (SSSR count). The van der Waals surface area contributed by atoms with E-state index in [1.165, 1.54) is 14.2 Å². The molecule has 0 aliphatic carbocycles. The summed E-state index contributed by atoms with van der Waals surface area (Å²) in [7, 11) is 2.75. The van der Waals surface area contributed by atoms with Crippen molar-refractivity contribution >= 4 is 45.8 Å². The number of methoxy groups -OCH3 is 1. The molecule has 62 heavy (non-hydrogen) atoms. The van der Waals surface area contributed by atoms with Crippen molar-refractivity contribution in [2.45, 2.75) is 77.5 Å². The molecule has 0 radical (unpaired) electrons. The predicted molar refractivity (Wildman–Crippen MR) is 238 cm³/mol. The van der Waals surface area contributed by atoms with Crippen LogP contribution < -0.4 is 5.32 Å². The Hall–Kier alpha value is -6.70. The Morgan fingerprint density at radius 3 is 1.95 bits per heavy atom. The molecule has 2 aliphatic rings. The van der Waals surface area contributed by atoms with Gasteiger partial charge >= 0.3 is 12.2 Å². The number of carboxylic acid groups (broad SMARTS) is 1. The van der Waals surface area contributed by atoms with Crippen LogP contribution in [0.15, 0.2) is 85.1 Å². The normalized spacial score (nSPS) is 17.5. The summed E-state index contributed by atoms with van der Waals surface area (Å²) in [5.41, 5.74) is 7.68. The first-order valence-electron chi connectivity index (χ1n) is 21.4. The van der Waals surface area contributed by atoms with Gasteiger partial charge in [0, 0.05) is 31.9 Å². The fourth-order valence-electron chi connectivity index (χ4n) is 9.15. The second-order valence-electron chi connectivity index (χ2n) is 17.2. The Balaban J connectivity index is 0.981. The van der Waals surface area contributed by atoms with Crippen molar-refractivity contribution in [3.63, 3.8) is 0 Å². The van der Waals surface area contributed by atoms with Crippen LogP contribution in [0.2, 0.25) is 0 Å². The summed E-state index contributed by atoms with van der Waals surface area (Å²) in [5.74, 6) is 0.817. The summed E-state index contributed by atoms with van der Waals surface area (Å²) in [6, 6.07) is 25.5. The molecule has 4 atom stereocenters. The summed E-state index contributed by atoms with van der Waals surface area (Å²) in [4.78, 5) is 72.6. The van der Waals surface area contributed by atoms with Gasteiger partial charge in [-0.1, -0.05) is 82.3 Å². The van der Waals surface area contributed by atoms with Gasteiger partial charge in [-0.3, -0.25) is 14.5 Å². The van der Waals surface area contributed by atoms with E-state index in [9.17, 15) is 24.3 Å². The van der Waals surface area contributed by atoms with Crippen molar-refractivity contribution in [2.75, 3.05) is 27.2 Å². The number of fused-ring (bicyclic) bond motifs is 2. The van der Waals surface area contributed by atoms with E-state index in [0.29, 0.717) is 18.9 Å². The fourth-order valence-corrected chi connectivity index (χ4v) is 9.15. The number of amides is 4. The van der Waals surface area contributed by atoms with Crippen LogP contribution in [0.25, 0.3) is 55.3 Å². The Bertz CT molecular complexity index is 2630. The SMILES string of the molecule is COC(=O)NC(C(=O)N1CCCC1c1nc2cc(-c3ccc4ccc(-c5ccc(-c6c[nH]c([C@@H]7CCCN7C(=O)[C@H](C(C)C)N(C)C(=O)O)n6)cc5)cc4c3)ccc2[nH]1)C(C)C. The monoisotopic (exact) mass is 838 g/mol. The Labute approximate surface area is 360 Å². The molecule has 14 nitrogen and oxygen atoms in total. The van der Waals surface area contributed by atoms with E-state index in [1.807, 2.05) is 44.9 Å². The van der Waals surface area contributed by atoms with E-state index in [0.717, 1.165) is 91.7 Å². The Morgan fingerprint density at radius 1 is 0.742 bits per heavy atom. The van der Waals surface area contributed by atoms with E-state index in [4.69, 9.17) is 14.7 Å². The van der Waals surface area contributed by atoms with Gasteiger partial charge in [-0.2, -0.15) is 0 Å². The highest BCUT2D eigenvalue weighted by Gasteiger charge is 2.40. The second kappa shape index (κ2) is 17.3. The molecule has 0 saturated carbocycles. The maximum absolute atomic E-state index is 13.7. The molecule has 4 aromatic carbocycles. The minimum atomic E-state index is -1.12. The van der Waals surface area contributed by atoms with Crippen LogP contribution in [-0.2, 0) is 14.3 Å². The fraction of sp³-hybridized carbons (Fsp3) is 0.375. The van der Waals surface area contributed by atoms with Crippen LogP contribution in [-0.4, -0.2) is 103 Å². The molecule has 0 bridgehead atoms. The minimum absolute atomic E-state index is 0.112. The number of benzene rings is 4. The lowest BCUT2D eigenvalue weighted by Gasteiger charge is -2.33. The maximum atomic E-state index is 13.7. The summed E-state index contributed by atoms with van der Waals surface area (Å²) < 4.78 is 4.79. The van der Waals surface area contributed by atoms with Crippen LogP contribution in [0, 0.1) is 11.8 Å². The van der Waals surface area contributed by atoms with Gasteiger partial charge in [-0.05, 0) is 94.8 Å². The molecule has 2 fully saturated rings. The molecular formula is C48H54N8O6. The number of rotatable bonds is 11. The highest BCUT2D eigenvalue weighted by atomic mass is 16.5. The van der Waals surface area contributed by atoms with Crippen LogP contribution in [0.5, 0.6) is 0 Å². The Kier molecular flexibility index (Phi) is 11.8. The zero-order valence-corrected chi connectivity index (χ0v) is 36.0. The van der Waals surface area contributed by atoms with Crippen molar-refractivity contribution in [2.24, 2.45) is 11.8 Å². The first kappa shape index (κ1) is 42.0. The third-order valence-corrected chi connectivity index (χ3v) is 12.5. The number of carbonyl (C=O) groups excluding carboxylic acids is 3. The number of H-pyrrole nitrogens is 2. The number of nitrogens with one attached hydrogen (secondary N) is 3. The maximum Gasteiger partial charge on any atom is 0.407 e. The standard InChI is InChI=1S/C48H54N8O6/c1-27(2)41(53-47(59)62-6)45(57)55-21-8-10-40(55)44-50-36-20-19-34(25-37(36)51-44)33-18-14-30-13-17-32(23-35(30)24-33)29-11-15-31(16-12-29)38-26-49-43(52-38)39-9-7-22-56(39)46(58)42(28(3)4)54(5)48(60)61/h11-20,23-28,39-42H,7-10,21-22H2,1-6H3,(H,49,52)(H,50,51)(H,53,59)(H,60,61)/t39-,40?,41?,42-/m0/s1. The first-order chi connectivity index (χ1) is 29.8. The number of hydrogen-bond acceptors (Lipinski definition) is 7. The van der Waals surface area contributed by atoms with Crippen LogP contribution in [0.4, 0.5) is 9.59 Å². The van der Waals surface area contributed by atoms with Gasteiger partial charge in [-0.25, -0.2) is 19.6 Å². The summed E-state index contributed by atoms with van der Waals surface area (Å²) in [6.07, 6.45) is 3.31. The number of imidazole rings is 2. The summed E-state index contributed by atoms with van der Waals surface area (Å²) in [6.45, 7) is 8.70. The van der Waals surface area contributed by atoms with E-state index in [2.05, 4.69) is 88.1 Å². The lowest BCUT2D eigenvalue weighted by atomic mass is 9.97. The van der Waals surface area contributed by atoms with E-state index in [-0.39, 0.29) is 35.7 Å². The molecule has 4 heterocycles. The second-order valence-corrected chi connectivity index (χ2v) is 17.2. The highest BCUT2D eigenvalue weighted by Crippen LogP contribution is 2.36. The molecule has 4 amide bonds. The van der Waals surface area contributed by atoms with E-state index < -0.39 is 24.3 Å². The highest BCUT2D eigenvalue weighted by molar-refractivity contribution is 5.93. The molecule has 2 aliphatic heterocycles. The van der Waals surface area contributed by atoms with Crippen LogP contribution in [0.3, 0.4) is 0 Å². The van der Waals surface area contributed by atoms with E-state index in [1.54, 1.807) is 4.90 Å². The van der Waals surface area contributed by atoms with Gasteiger partial charge in [-0.15, -0.1) is 0 Å². The smallest absolute Gasteiger partial charge is 0.407 e. The largest absolute Gasteiger partial charge is 0.465 e. The van der Waals surface area contributed by atoms with Gasteiger partial charge < -0.3 is 34.9 Å². The number of nitrogens with zero attached hydrogens (tertiary/aromatic N) is 5. The molecule has 0 spiro atoms. The number of hydrogen-bond donors (Lipinski definition) is 4. The molecule has 14 heteroatoms. The van der Waals surface area contributed by atoms with Crippen molar-refractivity contribution in [3.8, 4) is 33.5 Å². The van der Waals surface area contributed by atoms with Crippen molar-refractivity contribution in [1.29, 1.82) is 0 Å². The number of likely N-dealkylation sites (N-methyl/N-ethyl adjacent to an activating group) is 1. The number of alkyl carbamates (subject to hydrolysis) is 1. The third kappa shape index (κ3) is 8.20. The third-order valence-electron chi connectivity index (χ3n) is 12.5. The molecular weight excluding hydrogens is 785 g/mol. The molecule has 4 N–H and O–H groups in total. The molecule has 2 unspecified atom stereocenters. The molecule has 2 aromatic heterocycles. The lowest BCUT2D eigenvalue weighted by molar-refractivity contribution is -0.138. The van der Waals surface area contributed by atoms with Crippen LogP contribution >= 0.6 is 0 Å². The van der Waals surface area contributed by atoms with Gasteiger partial charge in [0.25, 0.3) is 0 Å². The number of ether oxygens (including phenoxy) is 1. The summed E-state index contributed by atoms with van der Waals surface area (Å²) in [5, 5.41) is 14.6. The minimum Gasteiger partial charge on any atom is -0.465 e. The van der Waals surface area contributed by atoms with Crippen LogP contribution in [0.1, 0.15) is 77.1 Å². The topological polar surface area (TPSA) is 177 Å². The number of carbonyl (C=O) groups is 4. The predicted octanol–water partition coefficient (Wildman–Crippen LogP) is 8.78. The van der Waals surface area contributed by atoms with Gasteiger partial charge in [0.2, 0.25) is 11.8 Å². The quantitative estimate of drug-likeness (QED) is 0.100. The van der Waals surface area contributed by atoms with Gasteiger partial charge in [0.1, 0.15) is 23.7 Å². The Morgan fingerprint density at radius 2 is 1.32 bits per heavy atom. The zero-order chi connectivity index (χ0) is 43.8. The number of aromatic amines is 2. The molecule has 6 aromatic rings. The van der Waals surface area contributed by atoms with Crippen molar-refractivity contribution in [1.82, 2.24) is 40.0 Å². The molecule has 322 valence electrons. The summed E-state index contributed by atoms with van der Waals surface area (Å²) >= 11 is 0. The van der Waals surface area contributed by atoms with E-state index >= 15 is 0 Å². The number of aromatic nitrogens is 4. The average Bonchev–Trinajstić information content (AvgIpc) is 4.11. The average molecular weight is 839 g/mol.